The smallest absolute Gasteiger partial charge is 0.347 e. The summed E-state index contributed by atoms with van der Waals surface area (Å²) in [5.74, 6) is -0.482. The number of carboxylic acids is 1. The van der Waals surface area contributed by atoms with E-state index in [0.29, 0.717) is 21.8 Å². The summed E-state index contributed by atoms with van der Waals surface area (Å²) in [5, 5.41) is 9.01. The van der Waals surface area contributed by atoms with Gasteiger partial charge in [0.25, 0.3) is 0 Å². The summed E-state index contributed by atoms with van der Waals surface area (Å²) in [7, 11) is 0. The van der Waals surface area contributed by atoms with Crippen LogP contribution in [0.2, 0.25) is 0 Å². The first-order chi connectivity index (χ1) is 10.0. The van der Waals surface area contributed by atoms with Gasteiger partial charge >= 0.3 is 5.97 Å². The normalized spacial score (nSPS) is 18.8. The van der Waals surface area contributed by atoms with Gasteiger partial charge in [-0.1, -0.05) is 18.7 Å². The number of hydrogen-bond donors (Lipinski definition) is 1. The maximum atomic E-state index is 12.3. The fourth-order valence-corrected chi connectivity index (χ4v) is 4.51. The van der Waals surface area contributed by atoms with Crippen molar-refractivity contribution in [3.8, 4) is 0 Å². The summed E-state index contributed by atoms with van der Waals surface area (Å²) in [4.78, 5) is 29.8. The maximum Gasteiger partial charge on any atom is 0.347 e. The van der Waals surface area contributed by atoms with E-state index >= 15 is 0 Å². The molecule has 1 fully saturated rings. The predicted molar refractivity (Wildman–Crippen MR) is 84.2 cm³/mol. The van der Waals surface area contributed by atoms with E-state index in [1.807, 2.05) is 4.90 Å². The van der Waals surface area contributed by atoms with E-state index in [1.165, 1.54) is 18.2 Å². The third kappa shape index (κ3) is 3.97. The van der Waals surface area contributed by atoms with E-state index in [9.17, 15) is 9.59 Å². The van der Waals surface area contributed by atoms with Crippen LogP contribution in [0.25, 0.3) is 0 Å². The molecule has 1 aromatic rings. The van der Waals surface area contributed by atoms with E-state index in [1.54, 1.807) is 6.92 Å². The third-order valence-electron chi connectivity index (χ3n) is 3.71. The first-order valence-electron chi connectivity index (χ1n) is 7.16. The van der Waals surface area contributed by atoms with Crippen LogP contribution < -0.4 is 0 Å². The number of nitrogens with zero attached hydrogens (tertiary/aromatic N) is 2. The van der Waals surface area contributed by atoms with Crippen molar-refractivity contribution in [2.24, 2.45) is 0 Å². The zero-order valence-electron chi connectivity index (χ0n) is 12.3. The summed E-state index contributed by atoms with van der Waals surface area (Å²) < 4.78 is 0.656. The van der Waals surface area contributed by atoms with E-state index in [4.69, 9.17) is 5.11 Å². The molecule has 1 saturated heterocycles. The van der Waals surface area contributed by atoms with Crippen molar-refractivity contribution in [1.82, 2.24) is 9.88 Å². The van der Waals surface area contributed by atoms with E-state index in [0.717, 1.165) is 37.1 Å². The number of carboxylic acid groups (broad SMARTS) is 1. The second-order valence-electron chi connectivity index (χ2n) is 5.13. The second kappa shape index (κ2) is 7.26. The average Bonchev–Trinajstić information content (AvgIpc) is 2.86. The Morgan fingerprint density at radius 1 is 1.48 bits per heavy atom. The largest absolute Gasteiger partial charge is 0.477 e. The molecule has 0 aromatic carbocycles. The first-order valence-corrected chi connectivity index (χ1v) is 8.96. The van der Waals surface area contributed by atoms with Crippen LogP contribution >= 0.6 is 23.1 Å². The Bertz CT molecular complexity index is 530. The molecule has 2 heterocycles. The number of likely N-dealkylation sites (tertiary alicyclic amines) is 1. The number of carbonyl (C=O) groups excluding carboxylic acids is 1. The molecule has 0 radical (unpaired) electrons. The molecule has 0 saturated carbocycles. The number of aromatic nitrogens is 1. The Labute approximate surface area is 132 Å². The van der Waals surface area contributed by atoms with Crippen LogP contribution in [-0.2, 0) is 4.79 Å². The van der Waals surface area contributed by atoms with Crippen LogP contribution in [0.3, 0.4) is 0 Å². The van der Waals surface area contributed by atoms with Crippen LogP contribution in [0.1, 0.15) is 48.0 Å². The minimum atomic E-state index is -0.953. The van der Waals surface area contributed by atoms with Crippen molar-refractivity contribution in [3.05, 3.63) is 10.6 Å². The monoisotopic (exact) mass is 328 g/mol. The lowest BCUT2D eigenvalue weighted by Gasteiger charge is -2.35. The summed E-state index contributed by atoms with van der Waals surface area (Å²) in [5.41, 5.74) is 0.520. The van der Waals surface area contributed by atoms with Gasteiger partial charge < -0.3 is 10.0 Å². The highest BCUT2D eigenvalue weighted by atomic mass is 32.2. The van der Waals surface area contributed by atoms with Crippen LogP contribution in [0.4, 0.5) is 0 Å². The summed E-state index contributed by atoms with van der Waals surface area (Å²) in [6.07, 6.45) is 4.36. The van der Waals surface area contributed by atoms with Crippen LogP contribution in [0, 0.1) is 6.92 Å². The predicted octanol–water partition coefficient (Wildman–Crippen LogP) is 3.03. The highest BCUT2D eigenvalue weighted by Gasteiger charge is 2.25. The lowest BCUT2D eigenvalue weighted by molar-refractivity contribution is -0.132. The Morgan fingerprint density at radius 3 is 2.86 bits per heavy atom. The van der Waals surface area contributed by atoms with Crippen molar-refractivity contribution in [3.63, 3.8) is 0 Å². The molecule has 7 heteroatoms. The van der Waals surface area contributed by atoms with Crippen molar-refractivity contribution in [1.29, 1.82) is 0 Å². The number of rotatable bonds is 5. The standard InChI is InChI=1S/C14H20N2O3S2/c1-3-10-6-4-5-7-16(10)11(17)8-20-14-15-9(2)12(21-14)13(18)19/h10H,3-8H2,1-2H3,(H,18,19). The van der Waals surface area contributed by atoms with Crippen LogP contribution in [0.5, 0.6) is 0 Å². The molecule has 5 nitrogen and oxygen atoms in total. The van der Waals surface area contributed by atoms with Gasteiger partial charge in [0.15, 0.2) is 4.34 Å². The number of hydrogen-bond acceptors (Lipinski definition) is 5. The van der Waals surface area contributed by atoms with E-state index in [2.05, 4.69) is 11.9 Å². The molecular weight excluding hydrogens is 308 g/mol. The lowest BCUT2D eigenvalue weighted by Crippen LogP contribution is -2.44. The number of carbonyl (C=O) groups is 2. The SMILES string of the molecule is CCC1CCCCN1C(=O)CSc1nc(C)c(C(=O)O)s1. The number of thioether (sulfide) groups is 1. The quantitative estimate of drug-likeness (QED) is 0.841. The summed E-state index contributed by atoms with van der Waals surface area (Å²) in [6.45, 7) is 4.64. The third-order valence-corrected chi connectivity index (χ3v) is 5.98. The minimum Gasteiger partial charge on any atom is -0.477 e. The molecule has 0 bridgehead atoms. The molecule has 1 N–H and O–H groups in total. The van der Waals surface area contributed by atoms with Crippen molar-refractivity contribution in [2.75, 3.05) is 12.3 Å². The van der Waals surface area contributed by atoms with E-state index < -0.39 is 5.97 Å². The number of aryl methyl sites for hydroxylation is 1. The first kappa shape index (κ1) is 16.3. The molecule has 1 amide bonds. The molecular formula is C14H20N2O3S2. The highest BCUT2D eigenvalue weighted by molar-refractivity contribution is 8.01. The average molecular weight is 328 g/mol. The topological polar surface area (TPSA) is 70.5 Å². The van der Waals surface area contributed by atoms with Gasteiger partial charge in [-0.05, 0) is 32.6 Å². The van der Waals surface area contributed by atoms with E-state index in [-0.39, 0.29) is 10.8 Å². The Morgan fingerprint density at radius 2 is 2.24 bits per heavy atom. The molecule has 21 heavy (non-hydrogen) atoms. The molecule has 116 valence electrons. The second-order valence-corrected chi connectivity index (χ2v) is 7.35. The highest BCUT2D eigenvalue weighted by Crippen LogP contribution is 2.28. The number of amides is 1. The van der Waals surface area contributed by atoms with Gasteiger partial charge in [0, 0.05) is 12.6 Å². The molecule has 1 aromatic heterocycles. The van der Waals surface area contributed by atoms with Gasteiger partial charge in [0.2, 0.25) is 5.91 Å². The Balaban J connectivity index is 1.94. The van der Waals surface area contributed by atoms with Gasteiger partial charge in [0.1, 0.15) is 4.88 Å². The molecule has 2 rings (SSSR count). The summed E-state index contributed by atoms with van der Waals surface area (Å²) in [6, 6.07) is 0.361. The van der Waals surface area contributed by atoms with Crippen molar-refractivity contribution in [2.45, 2.75) is 49.9 Å². The zero-order chi connectivity index (χ0) is 15.4. The zero-order valence-corrected chi connectivity index (χ0v) is 13.9. The Kier molecular flexibility index (Phi) is 5.64. The van der Waals surface area contributed by atoms with Gasteiger partial charge in [-0.15, -0.1) is 11.3 Å². The molecule has 1 aliphatic heterocycles. The fraction of sp³-hybridized carbons (Fsp3) is 0.643. The maximum absolute atomic E-state index is 12.3. The molecule has 0 spiro atoms. The van der Waals surface area contributed by atoms with Gasteiger partial charge in [-0.25, -0.2) is 9.78 Å². The number of thiazole rings is 1. The van der Waals surface area contributed by atoms with Gasteiger partial charge in [-0.3, -0.25) is 4.79 Å². The molecule has 1 aliphatic rings. The minimum absolute atomic E-state index is 0.135. The number of aromatic carboxylic acids is 1. The van der Waals surface area contributed by atoms with Crippen LogP contribution in [-0.4, -0.2) is 45.2 Å². The number of piperidine rings is 1. The van der Waals surface area contributed by atoms with Crippen molar-refractivity contribution >= 4 is 35.0 Å². The van der Waals surface area contributed by atoms with Crippen LogP contribution in [0.15, 0.2) is 4.34 Å². The van der Waals surface area contributed by atoms with Gasteiger partial charge in [0.05, 0.1) is 11.4 Å². The van der Waals surface area contributed by atoms with Gasteiger partial charge in [-0.2, -0.15) is 0 Å². The molecule has 1 unspecified atom stereocenters. The lowest BCUT2D eigenvalue weighted by atomic mass is 10.0. The van der Waals surface area contributed by atoms with Crippen molar-refractivity contribution < 1.29 is 14.7 Å². The Hall–Kier alpha value is -1.08. The molecule has 1 atom stereocenters. The summed E-state index contributed by atoms with van der Waals surface area (Å²) >= 11 is 2.48. The molecule has 0 aliphatic carbocycles. The fourth-order valence-electron chi connectivity index (χ4n) is 2.59.